The number of thiazole rings is 1. The van der Waals surface area contributed by atoms with Crippen LogP contribution in [0.25, 0.3) is 10.2 Å². The van der Waals surface area contributed by atoms with Crippen LogP contribution >= 0.6 is 22.9 Å². The Morgan fingerprint density at radius 3 is 2.71 bits per heavy atom. The van der Waals surface area contributed by atoms with E-state index in [1.165, 1.54) is 0 Å². The molecule has 0 aliphatic carbocycles. The Morgan fingerprint density at radius 1 is 1.43 bits per heavy atom. The number of benzene rings is 1. The molecule has 0 spiro atoms. The molecule has 0 saturated carbocycles. The summed E-state index contributed by atoms with van der Waals surface area (Å²) in [5.41, 5.74) is 6.43. The number of aromatic nitrogens is 1. The standard InChI is InChI=1S/C10H11ClN2S/c1-10(2,12)9-13-8-6(11)4-3-5-7(8)14-9/h3-5H,12H2,1-2H3. The third kappa shape index (κ3) is 1.63. The van der Waals surface area contributed by atoms with Crippen LogP contribution < -0.4 is 5.73 Å². The van der Waals surface area contributed by atoms with Crippen LogP contribution in [0.15, 0.2) is 18.2 Å². The lowest BCUT2D eigenvalue weighted by molar-refractivity contribution is 0.551. The van der Waals surface area contributed by atoms with Crippen LogP contribution in [0.2, 0.25) is 5.02 Å². The smallest absolute Gasteiger partial charge is 0.113 e. The molecule has 0 amide bonds. The highest BCUT2D eigenvalue weighted by Gasteiger charge is 2.19. The molecule has 2 nitrogen and oxygen atoms in total. The van der Waals surface area contributed by atoms with Crippen molar-refractivity contribution in [2.45, 2.75) is 19.4 Å². The topological polar surface area (TPSA) is 38.9 Å². The van der Waals surface area contributed by atoms with Gasteiger partial charge >= 0.3 is 0 Å². The number of para-hydroxylation sites is 1. The van der Waals surface area contributed by atoms with Gasteiger partial charge in [-0.2, -0.15) is 0 Å². The van der Waals surface area contributed by atoms with Gasteiger partial charge in [-0.05, 0) is 26.0 Å². The zero-order chi connectivity index (χ0) is 10.3. The molecule has 1 aromatic heterocycles. The first-order valence-electron chi connectivity index (χ1n) is 4.33. The summed E-state index contributed by atoms with van der Waals surface area (Å²) in [6.45, 7) is 3.89. The summed E-state index contributed by atoms with van der Waals surface area (Å²) < 4.78 is 1.09. The largest absolute Gasteiger partial charge is 0.320 e. The predicted molar refractivity (Wildman–Crippen MR) is 61.8 cm³/mol. The lowest BCUT2D eigenvalue weighted by Crippen LogP contribution is -2.28. The highest BCUT2D eigenvalue weighted by molar-refractivity contribution is 7.18. The number of hydrogen-bond donors (Lipinski definition) is 1. The number of nitrogens with two attached hydrogens (primary N) is 1. The van der Waals surface area contributed by atoms with Crippen LogP contribution in [0.1, 0.15) is 18.9 Å². The van der Waals surface area contributed by atoms with E-state index < -0.39 is 5.54 Å². The van der Waals surface area contributed by atoms with Crippen molar-refractivity contribution in [3.8, 4) is 0 Å². The van der Waals surface area contributed by atoms with Crippen LogP contribution in [0.3, 0.4) is 0 Å². The van der Waals surface area contributed by atoms with Crippen LogP contribution in [0, 0.1) is 0 Å². The van der Waals surface area contributed by atoms with E-state index in [4.69, 9.17) is 17.3 Å². The summed E-state index contributed by atoms with van der Waals surface area (Å²) in [5, 5.41) is 1.61. The fourth-order valence-electron chi connectivity index (χ4n) is 1.19. The van der Waals surface area contributed by atoms with E-state index in [1.807, 2.05) is 32.0 Å². The van der Waals surface area contributed by atoms with Gasteiger partial charge in [0.1, 0.15) is 10.5 Å². The molecule has 1 aromatic carbocycles. The van der Waals surface area contributed by atoms with Crippen molar-refractivity contribution in [3.63, 3.8) is 0 Å². The van der Waals surface area contributed by atoms with Crippen LogP contribution in [0.4, 0.5) is 0 Å². The predicted octanol–water partition coefficient (Wildman–Crippen LogP) is 3.14. The van der Waals surface area contributed by atoms with Gasteiger partial charge in [0, 0.05) is 0 Å². The van der Waals surface area contributed by atoms with Crippen molar-refractivity contribution in [2.24, 2.45) is 5.73 Å². The Bertz CT molecular complexity index is 470. The van der Waals surface area contributed by atoms with E-state index in [1.54, 1.807) is 11.3 Å². The van der Waals surface area contributed by atoms with Gasteiger partial charge in [-0.3, -0.25) is 0 Å². The summed E-state index contributed by atoms with van der Waals surface area (Å²) in [6.07, 6.45) is 0. The van der Waals surface area contributed by atoms with Gasteiger partial charge in [0.2, 0.25) is 0 Å². The second kappa shape index (κ2) is 3.19. The molecule has 1 heterocycles. The SMILES string of the molecule is CC(C)(N)c1nc2c(Cl)cccc2s1. The zero-order valence-electron chi connectivity index (χ0n) is 8.04. The molecule has 0 aliphatic heterocycles. The second-order valence-corrected chi connectivity index (χ2v) is 5.27. The summed E-state index contributed by atoms with van der Waals surface area (Å²) in [5.74, 6) is 0. The molecule has 2 aromatic rings. The van der Waals surface area contributed by atoms with Crippen molar-refractivity contribution in [1.82, 2.24) is 4.98 Å². The average Bonchev–Trinajstić information content (AvgIpc) is 2.48. The summed E-state index contributed by atoms with van der Waals surface area (Å²) in [4.78, 5) is 4.45. The van der Waals surface area contributed by atoms with E-state index >= 15 is 0 Å². The molecule has 2 rings (SSSR count). The molecular formula is C10H11ClN2S. The number of hydrogen-bond acceptors (Lipinski definition) is 3. The molecule has 0 unspecified atom stereocenters. The summed E-state index contributed by atoms with van der Waals surface area (Å²) in [6, 6.07) is 5.78. The molecule has 74 valence electrons. The average molecular weight is 227 g/mol. The molecule has 0 bridgehead atoms. The van der Waals surface area contributed by atoms with Crippen molar-refractivity contribution >= 4 is 33.2 Å². The van der Waals surface area contributed by atoms with Gasteiger partial charge in [-0.1, -0.05) is 17.7 Å². The lowest BCUT2D eigenvalue weighted by atomic mass is 10.1. The second-order valence-electron chi connectivity index (χ2n) is 3.83. The third-order valence-electron chi connectivity index (χ3n) is 1.92. The third-order valence-corrected chi connectivity index (χ3v) is 3.59. The normalized spacial score (nSPS) is 12.3. The Hall–Kier alpha value is -0.640. The monoisotopic (exact) mass is 226 g/mol. The van der Waals surface area contributed by atoms with Gasteiger partial charge in [0.15, 0.2) is 0 Å². The van der Waals surface area contributed by atoms with Gasteiger partial charge < -0.3 is 5.73 Å². The highest BCUT2D eigenvalue weighted by atomic mass is 35.5. The Labute approximate surface area is 91.7 Å². The fourth-order valence-corrected chi connectivity index (χ4v) is 2.47. The number of halogens is 1. The molecule has 4 heteroatoms. The van der Waals surface area contributed by atoms with Crippen molar-refractivity contribution in [2.75, 3.05) is 0 Å². The maximum atomic E-state index is 6.02. The molecule has 2 N–H and O–H groups in total. The molecule has 0 atom stereocenters. The molecule has 0 fully saturated rings. The van der Waals surface area contributed by atoms with Gasteiger partial charge in [-0.15, -0.1) is 11.3 Å². The first kappa shape index (κ1) is 9.90. The number of fused-ring (bicyclic) bond motifs is 1. The van der Waals surface area contributed by atoms with E-state index in [9.17, 15) is 0 Å². The Balaban J connectivity index is 2.69. The van der Waals surface area contributed by atoms with Crippen LogP contribution in [0.5, 0.6) is 0 Å². The van der Waals surface area contributed by atoms with E-state index in [2.05, 4.69) is 4.98 Å². The van der Waals surface area contributed by atoms with Gasteiger partial charge in [-0.25, -0.2) is 4.98 Å². The lowest BCUT2D eigenvalue weighted by Gasteiger charge is -2.13. The molecule has 0 radical (unpaired) electrons. The van der Waals surface area contributed by atoms with Crippen LogP contribution in [-0.2, 0) is 5.54 Å². The van der Waals surface area contributed by atoms with Crippen molar-refractivity contribution in [3.05, 3.63) is 28.2 Å². The summed E-state index contributed by atoms with van der Waals surface area (Å²) >= 11 is 7.62. The van der Waals surface area contributed by atoms with Crippen molar-refractivity contribution in [1.29, 1.82) is 0 Å². The van der Waals surface area contributed by atoms with E-state index in [0.29, 0.717) is 5.02 Å². The Kier molecular flexibility index (Phi) is 2.26. The van der Waals surface area contributed by atoms with Gasteiger partial charge in [0.25, 0.3) is 0 Å². The molecule has 14 heavy (non-hydrogen) atoms. The maximum absolute atomic E-state index is 6.02. The van der Waals surface area contributed by atoms with E-state index in [0.717, 1.165) is 15.2 Å². The molecule has 0 aliphatic rings. The first-order valence-corrected chi connectivity index (χ1v) is 5.52. The quantitative estimate of drug-likeness (QED) is 0.812. The minimum absolute atomic E-state index is 0.396. The highest BCUT2D eigenvalue weighted by Crippen LogP contribution is 2.31. The fraction of sp³-hybridized carbons (Fsp3) is 0.300. The van der Waals surface area contributed by atoms with Gasteiger partial charge in [0.05, 0.1) is 15.3 Å². The van der Waals surface area contributed by atoms with Crippen molar-refractivity contribution < 1.29 is 0 Å². The Morgan fingerprint density at radius 2 is 2.14 bits per heavy atom. The molecular weight excluding hydrogens is 216 g/mol. The number of rotatable bonds is 1. The molecule has 0 saturated heterocycles. The first-order chi connectivity index (χ1) is 6.48. The maximum Gasteiger partial charge on any atom is 0.113 e. The van der Waals surface area contributed by atoms with E-state index in [-0.39, 0.29) is 0 Å². The van der Waals surface area contributed by atoms with Crippen LogP contribution in [-0.4, -0.2) is 4.98 Å². The minimum Gasteiger partial charge on any atom is -0.320 e. The zero-order valence-corrected chi connectivity index (χ0v) is 9.62. The summed E-state index contributed by atoms with van der Waals surface area (Å²) in [7, 11) is 0. The minimum atomic E-state index is -0.396. The number of nitrogens with zero attached hydrogens (tertiary/aromatic N) is 1.